The molecular formula is C13H16Cl2N2O4. The number of carbonyl (C=O) groups is 2. The van der Waals surface area contributed by atoms with Crippen LogP contribution in [0, 0.1) is 0 Å². The van der Waals surface area contributed by atoms with Crippen LogP contribution in [0.2, 0.25) is 10.0 Å². The van der Waals surface area contributed by atoms with E-state index >= 15 is 0 Å². The summed E-state index contributed by atoms with van der Waals surface area (Å²) in [6.45, 7) is 1.68. The van der Waals surface area contributed by atoms with Crippen LogP contribution in [0.25, 0.3) is 0 Å². The average Bonchev–Trinajstić information content (AvgIpc) is 2.38. The molecule has 1 aromatic carbocycles. The van der Waals surface area contributed by atoms with Crippen molar-refractivity contribution in [3.05, 3.63) is 28.2 Å². The van der Waals surface area contributed by atoms with E-state index in [9.17, 15) is 14.7 Å². The zero-order valence-electron chi connectivity index (χ0n) is 11.3. The Balaban J connectivity index is 2.65. The van der Waals surface area contributed by atoms with Gasteiger partial charge in [-0.3, -0.25) is 4.79 Å². The summed E-state index contributed by atoms with van der Waals surface area (Å²) in [6, 6.07) is 3.47. The van der Waals surface area contributed by atoms with Gasteiger partial charge in [0.2, 0.25) is 5.91 Å². The number of nitrogens with one attached hydrogen (secondary N) is 1. The van der Waals surface area contributed by atoms with Crippen molar-refractivity contribution in [2.24, 2.45) is 0 Å². The summed E-state index contributed by atoms with van der Waals surface area (Å²) in [6.07, 6.45) is -0.991. The predicted octanol–water partition coefficient (Wildman–Crippen LogP) is -0.615. The molecule has 0 unspecified atom stereocenters. The van der Waals surface area contributed by atoms with Gasteiger partial charge in [-0.2, -0.15) is 0 Å². The van der Waals surface area contributed by atoms with E-state index in [0.29, 0.717) is 15.7 Å². The minimum atomic E-state index is -1.37. The molecule has 0 heterocycles. The number of hydrogen-bond donors (Lipinski definition) is 3. The molecule has 6 nitrogen and oxygen atoms in total. The van der Waals surface area contributed by atoms with Gasteiger partial charge < -0.3 is 25.6 Å². The van der Waals surface area contributed by atoms with E-state index in [1.807, 2.05) is 0 Å². The largest absolute Gasteiger partial charge is 0.544 e. The normalized spacial score (nSPS) is 13.5. The van der Waals surface area contributed by atoms with Crippen LogP contribution >= 0.6 is 23.2 Å². The quantitative estimate of drug-likeness (QED) is 0.618. The molecule has 0 aliphatic rings. The van der Waals surface area contributed by atoms with E-state index in [0.717, 1.165) is 0 Å². The summed E-state index contributed by atoms with van der Waals surface area (Å²) in [5.74, 6) is -1.90. The second-order valence-electron chi connectivity index (χ2n) is 4.62. The van der Waals surface area contributed by atoms with Gasteiger partial charge in [0.1, 0.15) is 12.6 Å². The first kappa shape index (κ1) is 17.7. The Morgan fingerprint density at radius 3 is 2.67 bits per heavy atom. The number of benzene rings is 1. The SMILES string of the molecule is C[C@@H](O)C[NH2+][C@@H](CC(=O)Nc1cc(Cl)ccc1Cl)C(=O)[O-]. The van der Waals surface area contributed by atoms with E-state index < -0.39 is 24.0 Å². The van der Waals surface area contributed by atoms with Crippen LogP contribution < -0.4 is 15.7 Å². The lowest BCUT2D eigenvalue weighted by Gasteiger charge is -2.17. The molecule has 0 bridgehead atoms. The number of carboxylic acid groups (broad SMARTS) is 1. The number of quaternary nitrogens is 1. The highest BCUT2D eigenvalue weighted by atomic mass is 35.5. The molecule has 0 fully saturated rings. The van der Waals surface area contributed by atoms with Crippen LogP contribution in [0.3, 0.4) is 0 Å². The Morgan fingerprint density at radius 1 is 1.43 bits per heavy atom. The molecule has 116 valence electrons. The van der Waals surface area contributed by atoms with Gasteiger partial charge in [0.05, 0.1) is 29.2 Å². The Kier molecular flexibility index (Phi) is 6.91. The first-order chi connectivity index (χ1) is 9.79. The van der Waals surface area contributed by atoms with Gasteiger partial charge in [-0.25, -0.2) is 0 Å². The lowest BCUT2D eigenvalue weighted by atomic mass is 10.2. The summed E-state index contributed by atoms with van der Waals surface area (Å²) in [7, 11) is 0. The number of anilines is 1. The van der Waals surface area contributed by atoms with Crippen molar-refractivity contribution >= 4 is 40.8 Å². The zero-order chi connectivity index (χ0) is 16.0. The molecule has 0 saturated carbocycles. The molecule has 1 aromatic rings. The number of aliphatic carboxylic acids is 1. The van der Waals surface area contributed by atoms with Crippen LogP contribution in [0.15, 0.2) is 18.2 Å². The number of carbonyl (C=O) groups excluding carboxylic acids is 2. The molecule has 0 aromatic heterocycles. The zero-order valence-corrected chi connectivity index (χ0v) is 12.8. The predicted molar refractivity (Wildman–Crippen MR) is 77.0 cm³/mol. The maximum Gasteiger partial charge on any atom is 0.230 e. The fraction of sp³-hybridized carbons (Fsp3) is 0.385. The third-order valence-electron chi connectivity index (χ3n) is 2.67. The van der Waals surface area contributed by atoms with Gasteiger partial charge in [-0.05, 0) is 25.1 Å². The highest BCUT2D eigenvalue weighted by molar-refractivity contribution is 6.35. The van der Waals surface area contributed by atoms with Crippen LogP contribution in [0.5, 0.6) is 0 Å². The Hall–Kier alpha value is -1.34. The second kappa shape index (κ2) is 8.19. The van der Waals surface area contributed by atoms with Gasteiger partial charge in [0, 0.05) is 5.02 Å². The number of nitrogens with two attached hydrogens (primary N) is 1. The van der Waals surface area contributed by atoms with Gasteiger partial charge in [0.25, 0.3) is 0 Å². The van der Waals surface area contributed by atoms with E-state index in [4.69, 9.17) is 28.3 Å². The number of carboxylic acids is 1. The minimum absolute atomic E-state index is 0.157. The van der Waals surface area contributed by atoms with Crippen LogP contribution in [-0.4, -0.2) is 35.7 Å². The number of aliphatic hydroxyl groups is 1. The van der Waals surface area contributed by atoms with Crippen molar-refractivity contribution in [3.8, 4) is 0 Å². The molecular weight excluding hydrogens is 319 g/mol. The number of rotatable bonds is 7. The van der Waals surface area contributed by atoms with E-state index in [2.05, 4.69) is 5.32 Å². The molecule has 0 spiro atoms. The number of hydrogen-bond acceptors (Lipinski definition) is 4. The van der Waals surface area contributed by atoms with Crippen molar-refractivity contribution < 1.29 is 25.1 Å². The lowest BCUT2D eigenvalue weighted by molar-refractivity contribution is -0.687. The standard InChI is InChI=1S/C13H16Cl2N2O4/c1-7(18)6-16-11(13(20)21)5-12(19)17-10-4-8(14)2-3-9(10)15/h2-4,7,11,16,18H,5-6H2,1H3,(H,17,19)(H,20,21)/t7-,11+/m1/s1. The summed E-state index contributed by atoms with van der Waals surface area (Å²) in [5.41, 5.74) is 0.307. The van der Waals surface area contributed by atoms with Crippen molar-refractivity contribution in [2.45, 2.75) is 25.5 Å². The van der Waals surface area contributed by atoms with E-state index in [-0.39, 0.29) is 13.0 Å². The molecule has 0 saturated heterocycles. The number of halogens is 2. The molecule has 1 rings (SSSR count). The van der Waals surface area contributed by atoms with E-state index in [1.165, 1.54) is 24.4 Å². The third-order valence-corrected chi connectivity index (χ3v) is 3.24. The summed E-state index contributed by atoms with van der Waals surface area (Å²) < 4.78 is 0. The fourth-order valence-corrected chi connectivity index (χ4v) is 1.96. The molecule has 0 radical (unpaired) electrons. The second-order valence-corrected chi connectivity index (χ2v) is 5.47. The number of amides is 1. The third kappa shape index (κ3) is 6.31. The molecule has 1 amide bonds. The first-order valence-electron chi connectivity index (χ1n) is 6.26. The van der Waals surface area contributed by atoms with Crippen molar-refractivity contribution in [1.29, 1.82) is 0 Å². The molecule has 8 heteroatoms. The van der Waals surface area contributed by atoms with Crippen molar-refractivity contribution in [3.63, 3.8) is 0 Å². The van der Waals surface area contributed by atoms with Crippen LogP contribution in [0.1, 0.15) is 13.3 Å². The summed E-state index contributed by atoms with van der Waals surface area (Å²) >= 11 is 11.7. The smallest absolute Gasteiger partial charge is 0.230 e. The van der Waals surface area contributed by atoms with Gasteiger partial charge >= 0.3 is 0 Å². The molecule has 4 N–H and O–H groups in total. The Labute approximate surface area is 132 Å². The van der Waals surface area contributed by atoms with Gasteiger partial charge in [-0.1, -0.05) is 23.2 Å². The van der Waals surface area contributed by atoms with Gasteiger partial charge in [-0.15, -0.1) is 0 Å². The minimum Gasteiger partial charge on any atom is -0.544 e. The first-order valence-corrected chi connectivity index (χ1v) is 7.02. The van der Waals surface area contributed by atoms with Crippen molar-refractivity contribution in [2.75, 3.05) is 11.9 Å². The monoisotopic (exact) mass is 334 g/mol. The van der Waals surface area contributed by atoms with Crippen LogP contribution in [-0.2, 0) is 9.59 Å². The molecule has 21 heavy (non-hydrogen) atoms. The maximum atomic E-state index is 11.8. The Bertz CT molecular complexity index is 523. The van der Waals surface area contributed by atoms with Gasteiger partial charge in [0.15, 0.2) is 0 Å². The number of aliphatic hydroxyl groups excluding tert-OH is 1. The highest BCUT2D eigenvalue weighted by Gasteiger charge is 2.19. The highest BCUT2D eigenvalue weighted by Crippen LogP contribution is 2.25. The lowest BCUT2D eigenvalue weighted by Crippen LogP contribution is -2.94. The average molecular weight is 335 g/mol. The topological polar surface area (TPSA) is 106 Å². The van der Waals surface area contributed by atoms with E-state index in [1.54, 1.807) is 6.07 Å². The Morgan fingerprint density at radius 2 is 2.10 bits per heavy atom. The maximum absolute atomic E-state index is 11.8. The summed E-state index contributed by atoms with van der Waals surface area (Å²) in [5, 5.41) is 24.6. The molecule has 0 aliphatic heterocycles. The van der Waals surface area contributed by atoms with Crippen LogP contribution in [0.4, 0.5) is 5.69 Å². The fourth-order valence-electron chi connectivity index (χ4n) is 1.62. The molecule has 2 atom stereocenters. The van der Waals surface area contributed by atoms with Crippen molar-refractivity contribution in [1.82, 2.24) is 0 Å². The molecule has 0 aliphatic carbocycles. The summed E-state index contributed by atoms with van der Waals surface area (Å²) in [4.78, 5) is 22.8.